The Hall–Kier alpha value is -1.92. The molecule has 0 saturated carbocycles. The first-order chi connectivity index (χ1) is 14.0. The van der Waals surface area contributed by atoms with Gasteiger partial charge in [-0.3, -0.25) is 9.69 Å². The average Bonchev–Trinajstić information content (AvgIpc) is 3.16. The monoisotopic (exact) mass is 547 g/mol. The molecule has 1 saturated heterocycles. The molecular formula is C19H27ClIN7O2. The third kappa shape index (κ3) is 7.40. The summed E-state index contributed by atoms with van der Waals surface area (Å²) in [6.45, 7) is 4.98. The fraction of sp³-hybridized carbons (Fsp3) is 0.474. The van der Waals surface area contributed by atoms with E-state index in [1.54, 1.807) is 12.1 Å². The van der Waals surface area contributed by atoms with Crippen LogP contribution in [0.25, 0.3) is 11.4 Å². The zero-order valence-corrected chi connectivity index (χ0v) is 19.9. The van der Waals surface area contributed by atoms with Gasteiger partial charge in [-0.1, -0.05) is 28.9 Å². The summed E-state index contributed by atoms with van der Waals surface area (Å²) in [7, 11) is 0. The number of halogens is 2. The number of nitrogens with two attached hydrogens (primary N) is 1. The van der Waals surface area contributed by atoms with E-state index in [9.17, 15) is 4.79 Å². The molecule has 0 spiro atoms. The molecule has 1 aliphatic rings. The van der Waals surface area contributed by atoms with Gasteiger partial charge in [0.05, 0.1) is 6.54 Å². The number of carbonyl (C=O) groups excluding carboxylic acids is 1. The number of nitrogens with zero attached hydrogens (tertiary/aromatic N) is 4. The molecule has 1 amide bonds. The zero-order valence-electron chi connectivity index (χ0n) is 16.8. The first kappa shape index (κ1) is 24.4. The van der Waals surface area contributed by atoms with Crippen LogP contribution in [0.5, 0.6) is 0 Å². The Balaban J connectivity index is 0.00000320. The van der Waals surface area contributed by atoms with Crippen LogP contribution in [-0.4, -0.2) is 59.1 Å². The number of likely N-dealkylation sites (tertiary alicyclic amines) is 1. The Morgan fingerprint density at radius 2 is 2.17 bits per heavy atom. The number of carbonyl (C=O) groups is 1. The number of primary amides is 1. The highest BCUT2D eigenvalue weighted by Gasteiger charge is 2.21. The summed E-state index contributed by atoms with van der Waals surface area (Å²) < 4.78 is 5.31. The smallest absolute Gasteiger partial charge is 0.248 e. The van der Waals surface area contributed by atoms with Gasteiger partial charge >= 0.3 is 0 Å². The van der Waals surface area contributed by atoms with Crippen molar-refractivity contribution in [2.75, 3.05) is 26.2 Å². The van der Waals surface area contributed by atoms with E-state index in [2.05, 4.69) is 30.7 Å². The Kier molecular flexibility index (Phi) is 9.79. The molecular weight excluding hydrogens is 521 g/mol. The number of hydrogen-bond donors (Lipinski definition) is 3. The Morgan fingerprint density at radius 3 is 2.83 bits per heavy atom. The predicted molar refractivity (Wildman–Crippen MR) is 127 cm³/mol. The number of aliphatic imine (C=N–C) groups is 1. The van der Waals surface area contributed by atoms with E-state index in [0.29, 0.717) is 29.2 Å². The first-order valence-corrected chi connectivity index (χ1v) is 10.1. The molecule has 11 heteroatoms. The van der Waals surface area contributed by atoms with Gasteiger partial charge in [0, 0.05) is 36.3 Å². The summed E-state index contributed by atoms with van der Waals surface area (Å²) in [6.07, 6.45) is 1.83. The molecule has 4 N–H and O–H groups in total. The molecule has 0 bridgehead atoms. The Morgan fingerprint density at radius 1 is 1.40 bits per heavy atom. The summed E-state index contributed by atoms with van der Waals surface area (Å²) in [5, 5.41) is 11.3. The van der Waals surface area contributed by atoms with Gasteiger partial charge in [0.1, 0.15) is 6.54 Å². The van der Waals surface area contributed by atoms with Gasteiger partial charge in [0.15, 0.2) is 5.96 Å². The van der Waals surface area contributed by atoms with Crippen LogP contribution in [0, 0.1) is 0 Å². The van der Waals surface area contributed by atoms with E-state index < -0.39 is 0 Å². The van der Waals surface area contributed by atoms with Crippen LogP contribution in [0.4, 0.5) is 0 Å². The molecule has 0 aliphatic carbocycles. The van der Waals surface area contributed by atoms with Crippen LogP contribution in [-0.2, 0) is 11.3 Å². The van der Waals surface area contributed by atoms with E-state index in [-0.39, 0.29) is 42.5 Å². The lowest BCUT2D eigenvalue weighted by molar-refractivity contribution is -0.119. The van der Waals surface area contributed by atoms with Crippen LogP contribution in [0.15, 0.2) is 33.8 Å². The van der Waals surface area contributed by atoms with Crippen molar-refractivity contribution < 1.29 is 9.32 Å². The number of piperidine rings is 1. The van der Waals surface area contributed by atoms with E-state index in [0.717, 1.165) is 38.0 Å². The van der Waals surface area contributed by atoms with E-state index in [4.69, 9.17) is 21.9 Å². The molecule has 3 rings (SSSR count). The van der Waals surface area contributed by atoms with Crippen molar-refractivity contribution in [3.8, 4) is 11.4 Å². The predicted octanol–water partition coefficient (Wildman–Crippen LogP) is 2.01. The highest BCUT2D eigenvalue weighted by atomic mass is 127. The van der Waals surface area contributed by atoms with Gasteiger partial charge in [-0.05, 0) is 31.9 Å². The van der Waals surface area contributed by atoms with Gasteiger partial charge < -0.3 is 20.9 Å². The minimum Gasteiger partial charge on any atom is -0.369 e. The van der Waals surface area contributed by atoms with Gasteiger partial charge in [0.2, 0.25) is 17.6 Å². The molecule has 0 radical (unpaired) electrons. The molecule has 9 nitrogen and oxygen atoms in total. The van der Waals surface area contributed by atoms with Crippen molar-refractivity contribution >= 4 is 47.4 Å². The first-order valence-electron chi connectivity index (χ1n) is 9.67. The lowest BCUT2D eigenvalue weighted by atomic mass is 10.1. The maximum Gasteiger partial charge on any atom is 0.248 e. The second kappa shape index (κ2) is 12.1. The lowest BCUT2D eigenvalue weighted by Gasteiger charge is -2.32. The normalized spacial score (nSPS) is 15.5. The molecule has 164 valence electrons. The third-order valence-corrected chi connectivity index (χ3v) is 4.81. The summed E-state index contributed by atoms with van der Waals surface area (Å²) in [6, 6.07) is 7.58. The van der Waals surface area contributed by atoms with Crippen molar-refractivity contribution in [2.24, 2.45) is 10.7 Å². The third-order valence-electron chi connectivity index (χ3n) is 4.58. The summed E-state index contributed by atoms with van der Waals surface area (Å²) in [4.78, 5) is 22.1. The van der Waals surface area contributed by atoms with Gasteiger partial charge in [-0.15, -0.1) is 24.0 Å². The van der Waals surface area contributed by atoms with Gasteiger partial charge in [-0.25, -0.2) is 4.99 Å². The fourth-order valence-electron chi connectivity index (χ4n) is 3.18. The molecule has 2 aromatic rings. The highest BCUT2D eigenvalue weighted by Crippen LogP contribution is 2.20. The molecule has 2 heterocycles. The summed E-state index contributed by atoms with van der Waals surface area (Å²) in [5.41, 5.74) is 6.06. The lowest BCUT2D eigenvalue weighted by Crippen LogP contribution is -2.49. The number of rotatable bonds is 7. The SMILES string of the molecule is CCNC(=NCc1nc(-c2cccc(Cl)c2)no1)NC1CCN(CC(N)=O)CC1.I. The van der Waals surface area contributed by atoms with Crippen LogP contribution < -0.4 is 16.4 Å². The van der Waals surface area contributed by atoms with E-state index in [1.165, 1.54) is 0 Å². The van der Waals surface area contributed by atoms with Crippen LogP contribution in [0.1, 0.15) is 25.7 Å². The number of nitrogens with one attached hydrogen (secondary N) is 2. The Bertz CT molecular complexity index is 853. The summed E-state index contributed by atoms with van der Waals surface area (Å²) >= 11 is 6.01. The van der Waals surface area contributed by atoms with Crippen molar-refractivity contribution in [3.63, 3.8) is 0 Å². The second-order valence-corrected chi connectivity index (χ2v) is 7.31. The number of benzene rings is 1. The zero-order chi connectivity index (χ0) is 20.6. The topological polar surface area (TPSA) is 122 Å². The second-order valence-electron chi connectivity index (χ2n) is 6.88. The summed E-state index contributed by atoms with van der Waals surface area (Å²) in [5.74, 6) is 1.32. The van der Waals surface area contributed by atoms with E-state index >= 15 is 0 Å². The Labute approximate surface area is 197 Å². The average molecular weight is 548 g/mol. The molecule has 1 aromatic heterocycles. The minimum atomic E-state index is -0.289. The largest absolute Gasteiger partial charge is 0.369 e. The molecule has 0 unspecified atom stereocenters. The van der Waals surface area contributed by atoms with Crippen LogP contribution in [0.2, 0.25) is 5.02 Å². The number of hydrogen-bond acceptors (Lipinski definition) is 6. The van der Waals surface area contributed by atoms with Crippen molar-refractivity contribution in [1.29, 1.82) is 0 Å². The van der Waals surface area contributed by atoms with Gasteiger partial charge in [0.25, 0.3) is 0 Å². The quantitative estimate of drug-likeness (QED) is 0.275. The van der Waals surface area contributed by atoms with Crippen LogP contribution in [0.3, 0.4) is 0 Å². The van der Waals surface area contributed by atoms with E-state index in [1.807, 2.05) is 19.1 Å². The van der Waals surface area contributed by atoms with Crippen molar-refractivity contribution in [1.82, 2.24) is 25.7 Å². The molecule has 0 atom stereocenters. The molecule has 1 aliphatic heterocycles. The standard InChI is InChI=1S/C19H26ClN7O2.HI/c1-2-22-19(24-15-6-8-27(9-7-15)12-16(21)28)23-11-17-25-18(26-29-17)13-4-3-5-14(20)10-13;/h3-5,10,15H,2,6-9,11-12H2,1H3,(H2,21,28)(H2,22,23,24);1H. The molecule has 1 fully saturated rings. The van der Waals surface area contributed by atoms with Gasteiger partial charge in [-0.2, -0.15) is 4.98 Å². The highest BCUT2D eigenvalue weighted by molar-refractivity contribution is 14.0. The van der Waals surface area contributed by atoms with Crippen molar-refractivity contribution in [3.05, 3.63) is 35.2 Å². The maximum absolute atomic E-state index is 11.1. The number of aromatic nitrogens is 2. The maximum atomic E-state index is 11.1. The molecule has 30 heavy (non-hydrogen) atoms. The van der Waals surface area contributed by atoms with Crippen molar-refractivity contribution in [2.45, 2.75) is 32.4 Å². The van der Waals surface area contributed by atoms with Crippen LogP contribution >= 0.6 is 35.6 Å². The minimum absolute atomic E-state index is 0. The fourth-order valence-corrected chi connectivity index (χ4v) is 3.37. The molecule has 1 aromatic carbocycles. The number of amides is 1. The number of guanidine groups is 1.